The van der Waals surface area contributed by atoms with Crippen LogP contribution in [0.15, 0.2) is 16.8 Å². The highest BCUT2D eigenvalue weighted by Gasteiger charge is 2.21. The van der Waals surface area contributed by atoms with Crippen molar-refractivity contribution in [3.8, 4) is 0 Å². The molecule has 0 bridgehead atoms. The van der Waals surface area contributed by atoms with Crippen LogP contribution in [0.2, 0.25) is 0 Å². The summed E-state index contributed by atoms with van der Waals surface area (Å²) in [5, 5.41) is 19.4. The minimum Gasteiger partial charge on any atom is -0.387 e. The largest absolute Gasteiger partial charge is 0.387 e. The molecule has 0 aromatic carbocycles. The Morgan fingerprint density at radius 1 is 1.52 bits per heavy atom. The molecule has 1 fully saturated rings. The number of amides is 2. The van der Waals surface area contributed by atoms with Crippen molar-refractivity contribution in [3.05, 3.63) is 22.4 Å². The van der Waals surface area contributed by atoms with Gasteiger partial charge < -0.3 is 15.7 Å². The average molecular weight is 311 g/mol. The number of nitrogens with zero attached hydrogens (tertiary/aromatic N) is 1. The Balaban J connectivity index is 1.67. The molecule has 3 N–H and O–H groups in total. The molecule has 2 unspecified atom stereocenters. The summed E-state index contributed by atoms with van der Waals surface area (Å²) in [4.78, 5) is 14.2. The van der Waals surface area contributed by atoms with E-state index in [1.165, 1.54) is 12.8 Å². The zero-order chi connectivity index (χ0) is 15.1. The number of carbonyl (C=O) groups excluding carboxylic acids is 1. The zero-order valence-corrected chi connectivity index (χ0v) is 13.4. The maximum Gasteiger partial charge on any atom is 0.314 e. The summed E-state index contributed by atoms with van der Waals surface area (Å²) < 4.78 is 0. The summed E-state index contributed by atoms with van der Waals surface area (Å²) in [5.74, 6) is 0. The maximum atomic E-state index is 11.8. The van der Waals surface area contributed by atoms with E-state index in [4.69, 9.17) is 0 Å². The highest BCUT2D eigenvalue weighted by molar-refractivity contribution is 7.07. The third kappa shape index (κ3) is 4.98. The number of likely N-dealkylation sites (N-methyl/N-ethyl adjacent to an activating group) is 1. The molecule has 0 radical (unpaired) electrons. The van der Waals surface area contributed by atoms with E-state index < -0.39 is 6.10 Å². The van der Waals surface area contributed by atoms with Crippen LogP contribution in [0.1, 0.15) is 37.9 Å². The van der Waals surface area contributed by atoms with Gasteiger partial charge >= 0.3 is 6.03 Å². The van der Waals surface area contributed by atoms with Crippen molar-refractivity contribution in [2.75, 3.05) is 26.2 Å². The minimum absolute atomic E-state index is 0.203. The van der Waals surface area contributed by atoms with E-state index in [1.54, 1.807) is 11.3 Å². The minimum atomic E-state index is -0.635. The van der Waals surface area contributed by atoms with Crippen LogP contribution in [-0.2, 0) is 0 Å². The third-order valence-corrected chi connectivity index (χ3v) is 4.74. The van der Waals surface area contributed by atoms with Crippen LogP contribution < -0.4 is 10.6 Å². The number of aliphatic hydroxyl groups is 1. The van der Waals surface area contributed by atoms with Gasteiger partial charge in [0.2, 0.25) is 0 Å². The second-order valence-electron chi connectivity index (χ2n) is 5.44. The Bertz CT molecular complexity index is 425. The van der Waals surface area contributed by atoms with Gasteiger partial charge in [-0.2, -0.15) is 11.3 Å². The molecule has 1 aliphatic rings. The monoisotopic (exact) mass is 311 g/mol. The molecule has 0 spiro atoms. The standard InChI is InChI=1S/C15H25N3O2S/c1-2-18-7-4-3-5-13(18)9-16-15(20)17-10-14(19)12-6-8-21-11-12/h6,8,11,13-14,19H,2-5,7,9-10H2,1H3,(H2,16,17,20). The van der Waals surface area contributed by atoms with Crippen LogP contribution in [0.5, 0.6) is 0 Å². The molecule has 2 atom stereocenters. The molecule has 0 aliphatic carbocycles. The van der Waals surface area contributed by atoms with E-state index in [0.717, 1.165) is 25.1 Å². The molecule has 2 amide bonds. The molecule has 1 saturated heterocycles. The summed E-state index contributed by atoms with van der Waals surface area (Å²) in [5.41, 5.74) is 0.852. The lowest BCUT2D eigenvalue weighted by Gasteiger charge is -2.34. The van der Waals surface area contributed by atoms with E-state index in [-0.39, 0.29) is 12.6 Å². The van der Waals surface area contributed by atoms with Crippen LogP contribution in [0, 0.1) is 0 Å². The van der Waals surface area contributed by atoms with Crippen LogP contribution in [0.3, 0.4) is 0 Å². The van der Waals surface area contributed by atoms with E-state index in [0.29, 0.717) is 12.6 Å². The molecule has 1 aliphatic heterocycles. The zero-order valence-electron chi connectivity index (χ0n) is 12.5. The second kappa shape index (κ2) is 8.36. The quantitative estimate of drug-likeness (QED) is 0.752. The van der Waals surface area contributed by atoms with Gasteiger partial charge in [-0.3, -0.25) is 4.90 Å². The SMILES string of the molecule is CCN1CCCCC1CNC(=O)NCC(O)c1ccsc1. The van der Waals surface area contributed by atoms with Crippen LogP contribution in [0.25, 0.3) is 0 Å². The van der Waals surface area contributed by atoms with Gasteiger partial charge in [0.05, 0.1) is 6.10 Å². The van der Waals surface area contributed by atoms with Gasteiger partial charge in [0, 0.05) is 19.1 Å². The lowest BCUT2D eigenvalue weighted by atomic mass is 10.0. The topological polar surface area (TPSA) is 64.6 Å². The number of thiophene rings is 1. The first kappa shape index (κ1) is 16.3. The fourth-order valence-corrected chi connectivity index (χ4v) is 3.46. The van der Waals surface area contributed by atoms with Crippen molar-refractivity contribution in [1.82, 2.24) is 15.5 Å². The van der Waals surface area contributed by atoms with Crippen molar-refractivity contribution in [2.24, 2.45) is 0 Å². The van der Waals surface area contributed by atoms with Gasteiger partial charge in [0.15, 0.2) is 0 Å². The molecule has 1 aromatic rings. The number of nitrogens with one attached hydrogen (secondary N) is 2. The molecule has 5 nitrogen and oxygen atoms in total. The number of hydrogen-bond acceptors (Lipinski definition) is 4. The van der Waals surface area contributed by atoms with Gasteiger partial charge in [-0.05, 0) is 48.3 Å². The van der Waals surface area contributed by atoms with Gasteiger partial charge in [-0.25, -0.2) is 4.79 Å². The number of piperidine rings is 1. The lowest BCUT2D eigenvalue weighted by molar-refractivity contribution is 0.151. The van der Waals surface area contributed by atoms with Crippen molar-refractivity contribution in [3.63, 3.8) is 0 Å². The normalized spacial score (nSPS) is 21.0. The first-order chi connectivity index (χ1) is 10.2. The van der Waals surface area contributed by atoms with Crippen molar-refractivity contribution >= 4 is 17.4 Å². The Kier molecular flexibility index (Phi) is 6.48. The first-order valence-corrected chi connectivity index (χ1v) is 8.61. The highest BCUT2D eigenvalue weighted by Crippen LogP contribution is 2.16. The number of aliphatic hydroxyl groups excluding tert-OH is 1. The average Bonchev–Trinajstić information content (AvgIpc) is 3.05. The third-order valence-electron chi connectivity index (χ3n) is 4.04. The van der Waals surface area contributed by atoms with Gasteiger partial charge in [-0.1, -0.05) is 13.3 Å². The van der Waals surface area contributed by atoms with Crippen molar-refractivity contribution < 1.29 is 9.90 Å². The summed E-state index contributed by atoms with van der Waals surface area (Å²) in [7, 11) is 0. The Hall–Kier alpha value is -1.11. The first-order valence-electron chi connectivity index (χ1n) is 7.66. The van der Waals surface area contributed by atoms with Crippen LogP contribution in [0.4, 0.5) is 4.79 Å². The van der Waals surface area contributed by atoms with Gasteiger partial charge in [0.1, 0.15) is 0 Å². The molecule has 6 heteroatoms. The number of hydrogen-bond donors (Lipinski definition) is 3. The predicted octanol–water partition coefficient (Wildman–Crippen LogP) is 1.96. The summed E-state index contributed by atoms with van der Waals surface area (Å²) in [6.07, 6.45) is 3.00. The molecule has 21 heavy (non-hydrogen) atoms. The Labute approximate surface area is 130 Å². The number of carbonyl (C=O) groups is 1. The Morgan fingerprint density at radius 2 is 2.38 bits per heavy atom. The lowest BCUT2D eigenvalue weighted by Crippen LogP contribution is -2.48. The van der Waals surface area contributed by atoms with E-state index in [1.807, 2.05) is 16.8 Å². The van der Waals surface area contributed by atoms with Gasteiger partial charge in [0.25, 0.3) is 0 Å². The fourth-order valence-electron chi connectivity index (χ4n) is 2.75. The van der Waals surface area contributed by atoms with E-state index in [2.05, 4.69) is 22.5 Å². The van der Waals surface area contributed by atoms with Crippen LogP contribution in [-0.4, -0.2) is 48.3 Å². The number of urea groups is 1. The van der Waals surface area contributed by atoms with Crippen LogP contribution >= 0.6 is 11.3 Å². The predicted molar refractivity (Wildman–Crippen MR) is 85.6 cm³/mol. The molecular formula is C15H25N3O2S. The van der Waals surface area contributed by atoms with Gasteiger partial charge in [-0.15, -0.1) is 0 Å². The highest BCUT2D eigenvalue weighted by atomic mass is 32.1. The number of rotatable bonds is 6. The molecule has 118 valence electrons. The summed E-state index contributed by atoms with van der Waals surface area (Å²) >= 11 is 1.54. The molecule has 0 saturated carbocycles. The summed E-state index contributed by atoms with van der Waals surface area (Å²) in [6, 6.07) is 2.11. The number of likely N-dealkylation sites (tertiary alicyclic amines) is 1. The summed E-state index contributed by atoms with van der Waals surface area (Å²) in [6.45, 7) is 5.24. The second-order valence-corrected chi connectivity index (χ2v) is 6.22. The van der Waals surface area contributed by atoms with E-state index in [9.17, 15) is 9.90 Å². The molecule has 2 rings (SSSR count). The van der Waals surface area contributed by atoms with Crippen molar-refractivity contribution in [2.45, 2.75) is 38.3 Å². The molecular weight excluding hydrogens is 286 g/mol. The van der Waals surface area contributed by atoms with Crippen molar-refractivity contribution in [1.29, 1.82) is 0 Å². The Morgan fingerprint density at radius 3 is 3.10 bits per heavy atom. The molecule has 1 aromatic heterocycles. The maximum absolute atomic E-state index is 11.8. The smallest absolute Gasteiger partial charge is 0.314 e. The van der Waals surface area contributed by atoms with E-state index >= 15 is 0 Å². The molecule has 2 heterocycles. The fraction of sp³-hybridized carbons (Fsp3) is 0.667.